The number of hydrogen-bond donors (Lipinski definition) is 2. The molecule has 0 atom stereocenters. The molecule has 0 aliphatic heterocycles. The first kappa shape index (κ1) is 46.4. The van der Waals surface area contributed by atoms with Gasteiger partial charge in [0.1, 0.15) is 5.15 Å². The lowest BCUT2D eigenvalue weighted by atomic mass is 9.77. The average molecular weight is 807 g/mol. The van der Waals surface area contributed by atoms with Gasteiger partial charge in [-0.2, -0.15) is 55.7 Å². The molecule has 0 saturated carbocycles. The summed E-state index contributed by atoms with van der Waals surface area (Å²) in [6.45, 7) is 11.8. The van der Waals surface area contributed by atoms with Crippen LogP contribution in [0.4, 0.5) is 26.3 Å². The van der Waals surface area contributed by atoms with Crippen LogP contribution in [-0.4, -0.2) is 58.7 Å². The van der Waals surface area contributed by atoms with E-state index in [2.05, 4.69) is 27.1 Å². The fourth-order valence-corrected chi connectivity index (χ4v) is 5.72. The number of carbonyl (C=O) groups excluding carboxylic acids is 4. The van der Waals surface area contributed by atoms with Gasteiger partial charge in [-0.25, -0.2) is 19.0 Å². The second-order valence-corrected chi connectivity index (χ2v) is 11.9. The van der Waals surface area contributed by atoms with Crippen molar-refractivity contribution < 1.29 is 55.6 Å². The molecular formula is C36H34BClF6N6O6. The van der Waals surface area contributed by atoms with Gasteiger partial charge in [0.25, 0.3) is 0 Å². The Bertz CT molecular complexity index is 2320. The molecule has 0 unspecified atom stereocenters. The van der Waals surface area contributed by atoms with Gasteiger partial charge in [0.2, 0.25) is 0 Å². The van der Waals surface area contributed by atoms with Crippen molar-refractivity contribution in [2.75, 3.05) is 0 Å². The van der Waals surface area contributed by atoms with Gasteiger partial charge in [-0.3, -0.25) is 0 Å². The van der Waals surface area contributed by atoms with Crippen LogP contribution in [0.15, 0.2) is 60.7 Å². The molecule has 0 aliphatic rings. The minimum absolute atomic E-state index is 0.0819. The molecule has 56 heavy (non-hydrogen) atoms. The zero-order valence-corrected chi connectivity index (χ0v) is 31.4. The first-order valence-corrected chi connectivity index (χ1v) is 16.6. The van der Waals surface area contributed by atoms with Gasteiger partial charge in [0, 0.05) is 5.56 Å². The SMILES string of the molecule is CCc1c(C)nc2c(C)cc(-c3ccccc3C(F)(F)F)nn12.CCc1c(C)nc2c(C)cc(Cl)nn12.O=C=O.O=C=O.OB(O)c1ccccc1C(F)(F)F. The number of rotatable bonds is 4. The first-order chi connectivity index (χ1) is 26.2. The molecule has 12 nitrogen and oxygen atoms in total. The Kier molecular flexibility index (Phi) is 16.8. The zero-order valence-electron chi connectivity index (χ0n) is 30.6. The van der Waals surface area contributed by atoms with E-state index in [4.69, 9.17) is 40.8 Å². The molecule has 2 aromatic carbocycles. The van der Waals surface area contributed by atoms with Crippen molar-refractivity contribution in [3.8, 4) is 11.3 Å². The van der Waals surface area contributed by atoms with E-state index < -0.39 is 36.1 Å². The number of alkyl halides is 6. The maximum absolute atomic E-state index is 13.3. The predicted molar refractivity (Wildman–Crippen MR) is 190 cm³/mol. The molecule has 0 bridgehead atoms. The van der Waals surface area contributed by atoms with E-state index in [1.807, 2.05) is 45.2 Å². The summed E-state index contributed by atoms with van der Waals surface area (Å²) in [4.78, 5) is 41.4. The monoisotopic (exact) mass is 806 g/mol. The smallest absolute Gasteiger partial charge is 0.423 e. The van der Waals surface area contributed by atoms with Crippen LogP contribution >= 0.6 is 11.6 Å². The summed E-state index contributed by atoms with van der Waals surface area (Å²) in [5.41, 5.74) is 5.53. The number of aryl methyl sites for hydroxylation is 6. The van der Waals surface area contributed by atoms with Crippen molar-refractivity contribution in [2.24, 2.45) is 0 Å². The van der Waals surface area contributed by atoms with Crippen LogP contribution in [0.2, 0.25) is 5.15 Å². The summed E-state index contributed by atoms with van der Waals surface area (Å²) in [6.07, 6.45) is -6.84. The van der Waals surface area contributed by atoms with Crippen LogP contribution in [0.3, 0.4) is 0 Å². The highest BCUT2D eigenvalue weighted by Gasteiger charge is 2.36. The fraction of sp³-hybridized carbons (Fsp3) is 0.278. The number of halogens is 7. The Hall–Kier alpha value is -5.71. The van der Waals surface area contributed by atoms with E-state index in [1.54, 1.807) is 16.6 Å². The Morgan fingerprint density at radius 1 is 0.679 bits per heavy atom. The second-order valence-electron chi connectivity index (χ2n) is 11.5. The lowest BCUT2D eigenvalue weighted by molar-refractivity contribution is -0.193. The standard InChI is InChI=1S/C17H16F3N3.C10H12ClN3.C7H6BF3O2.2CO2/c1-4-15-11(3)21-16-10(2)9-14(22-23(15)16)12-7-5-6-8-13(12)17(18,19)20;1-4-8-7(3)12-10-6(2)5-9(11)13-14(8)10;9-7(10,11)5-3-1-2-4-6(5)8(12)13;2*2-1-3/h5-9H,4H2,1-3H3;5H,4H2,1-3H3;1-4,12-13H;;. The van der Waals surface area contributed by atoms with E-state index in [0.717, 1.165) is 64.2 Å². The molecule has 20 heteroatoms. The maximum atomic E-state index is 13.3. The molecular weight excluding hydrogens is 773 g/mol. The number of hydrogen-bond acceptors (Lipinski definition) is 10. The minimum atomic E-state index is -4.56. The molecule has 6 aromatic rings. The molecule has 0 saturated heterocycles. The van der Waals surface area contributed by atoms with Crippen molar-refractivity contribution >= 4 is 47.8 Å². The summed E-state index contributed by atoms with van der Waals surface area (Å²) >= 11 is 5.90. The second kappa shape index (κ2) is 20.3. The van der Waals surface area contributed by atoms with Crippen LogP contribution in [-0.2, 0) is 44.4 Å². The normalized spacial score (nSPS) is 10.7. The molecule has 0 amide bonds. The number of benzene rings is 2. The number of imidazole rings is 2. The van der Waals surface area contributed by atoms with Crippen molar-refractivity contribution in [1.29, 1.82) is 0 Å². The van der Waals surface area contributed by atoms with Gasteiger partial charge in [-0.15, -0.1) is 0 Å². The third-order valence-electron chi connectivity index (χ3n) is 7.82. The molecule has 0 spiro atoms. The Labute approximate surface area is 320 Å². The molecule has 0 fully saturated rings. The summed E-state index contributed by atoms with van der Waals surface area (Å²) < 4.78 is 79.8. The Morgan fingerprint density at radius 3 is 1.52 bits per heavy atom. The molecule has 4 aromatic heterocycles. The van der Waals surface area contributed by atoms with Crippen molar-refractivity contribution in [1.82, 2.24) is 29.2 Å². The van der Waals surface area contributed by atoms with Gasteiger partial charge in [0.15, 0.2) is 11.3 Å². The number of fused-ring (bicyclic) bond motifs is 2. The van der Waals surface area contributed by atoms with Crippen molar-refractivity contribution in [3.05, 3.63) is 111 Å². The first-order valence-electron chi connectivity index (χ1n) is 16.3. The largest absolute Gasteiger partial charge is 0.489 e. The molecule has 296 valence electrons. The quantitative estimate of drug-likeness (QED) is 0.151. The molecule has 2 N–H and O–H groups in total. The predicted octanol–water partition coefficient (Wildman–Crippen LogP) is 6.37. The topological polar surface area (TPSA) is 169 Å². The van der Waals surface area contributed by atoms with Gasteiger partial charge >= 0.3 is 31.8 Å². The highest BCUT2D eigenvalue weighted by molar-refractivity contribution is 6.59. The van der Waals surface area contributed by atoms with Gasteiger partial charge in [0.05, 0.1) is 39.6 Å². The van der Waals surface area contributed by atoms with Crippen LogP contribution in [0, 0.1) is 27.7 Å². The van der Waals surface area contributed by atoms with E-state index in [1.165, 1.54) is 24.3 Å². The molecule has 0 aliphatic carbocycles. The summed E-state index contributed by atoms with van der Waals surface area (Å²) in [6, 6.07) is 13.3. The lowest BCUT2D eigenvalue weighted by Crippen LogP contribution is -2.35. The number of nitrogens with zero attached hydrogens (tertiary/aromatic N) is 6. The van der Waals surface area contributed by atoms with Crippen LogP contribution in [0.5, 0.6) is 0 Å². The lowest BCUT2D eigenvalue weighted by Gasteiger charge is -2.13. The van der Waals surface area contributed by atoms with E-state index in [0.29, 0.717) is 22.9 Å². The average Bonchev–Trinajstić information content (AvgIpc) is 3.63. The van der Waals surface area contributed by atoms with Crippen LogP contribution in [0.25, 0.3) is 22.6 Å². The van der Waals surface area contributed by atoms with Gasteiger partial charge < -0.3 is 10.0 Å². The summed E-state index contributed by atoms with van der Waals surface area (Å²) in [5.74, 6) is 0. The van der Waals surface area contributed by atoms with Gasteiger partial charge in [-0.05, 0) is 75.3 Å². The van der Waals surface area contributed by atoms with E-state index in [9.17, 15) is 26.3 Å². The Balaban J connectivity index is 0.000000284. The molecule has 6 rings (SSSR count). The summed E-state index contributed by atoms with van der Waals surface area (Å²) in [7, 11) is -2.10. The summed E-state index contributed by atoms with van der Waals surface area (Å²) in [5, 5.41) is 26.4. The van der Waals surface area contributed by atoms with E-state index in [-0.39, 0.29) is 17.9 Å². The highest BCUT2D eigenvalue weighted by atomic mass is 35.5. The van der Waals surface area contributed by atoms with Crippen LogP contribution in [0.1, 0.15) is 58.9 Å². The third kappa shape index (κ3) is 11.6. The minimum Gasteiger partial charge on any atom is -0.423 e. The zero-order chi connectivity index (χ0) is 42.5. The maximum Gasteiger partial charge on any atom is 0.489 e. The van der Waals surface area contributed by atoms with Crippen molar-refractivity contribution in [3.63, 3.8) is 0 Å². The molecule has 4 heterocycles. The third-order valence-corrected chi connectivity index (χ3v) is 8.00. The van der Waals surface area contributed by atoms with Crippen molar-refractivity contribution in [2.45, 2.75) is 66.7 Å². The van der Waals surface area contributed by atoms with Crippen LogP contribution < -0.4 is 5.46 Å². The number of aromatic nitrogens is 6. The molecule has 0 radical (unpaired) electrons. The van der Waals surface area contributed by atoms with Gasteiger partial charge in [-0.1, -0.05) is 67.9 Å². The highest BCUT2D eigenvalue weighted by Crippen LogP contribution is 2.37. The fourth-order valence-electron chi connectivity index (χ4n) is 5.48. The van der Waals surface area contributed by atoms with E-state index >= 15 is 0 Å². The Morgan fingerprint density at radius 2 is 1.09 bits per heavy atom.